The largest absolute Gasteiger partial charge is 0.472 e. The van der Waals surface area contributed by atoms with Gasteiger partial charge in [-0.2, -0.15) is 0 Å². The molecule has 2 aromatic carbocycles. The molecular weight excluding hydrogens is 294 g/mol. The molecule has 5 heteroatoms. The molecule has 5 nitrogen and oxygen atoms in total. The molecule has 0 saturated heterocycles. The minimum Gasteiger partial charge on any atom is -0.472 e. The van der Waals surface area contributed by atoms with Crippen molar-refractivity contribution in [1.29, 1.82) is 0 Å². The van der Waals surface area contributed by atoms with Crippen LogP contribution in [0.4, 0.5) is 5.69 Å². The number of carbonyl (C=O) groups excluding carboxylic acids is 2. The molecule has 1 aliphatic rings. The molecule has 1 heterocycles. The summed E-state index contributed by atoms with van der Waals surface area (Å²) in [6.45, 7) is 2.32. The van der Waals surface area contributed by atoms with Crippen LogP contribution in [-0.2, 0) is 16.0 Å². The molecule has 0 saturated carbocycles. The summed E-state index contributed by atoms with van der Waals surface area (Å²) in [6.07, 6.45) is 0.224. The third kappa shape index (κ3) is 3.18. The first kappa shape index (κ1) is 15.1. The Bertz CT molecular complexity index is 724. The summed E-state index contributed by atoms with van der Waals surface area (Å²) in [5.41, 5.74) is 2.13. The average Bonchev–Trinajstić information content (AvgIpc) is 2.57. The number of rotatable bonds is 4. The molecule has 0 aromatic heterocycles. The number of esters is 1. The lowest BCUT2D eigenvalue weighted by atomic mass is 10.1. The second-order valence-electron chi connectivity index (χ2n) is 5.15. The Balaban J connectivity index is 1.76. The fourth-order valence-corrected chi connectivity index (χ4v) is 2.47. The van der Waals surface area contributed by atoms with E-state index in [0.717, 1.165) is 11.3 Å². The van der Waals surface area contributed by atoms with Crippen LogP contribution in [0.3, 0.4) is 0 Å². The molecule has 1 amide bonds. The lowest BCUT2D eigenvalue weighted by molar-refractivity contribution is -0.142. The summed E-state index contributed by atoms with van der Waals surface area (Å²) in [5, 5.41) is 0. The van der Waals surface area contributed by atoms with Gasteiger partial charge in [0.2, 0.25) is 0 Å². The van der Waals surface area contributed by atoms with Crippen LogP contribution in [0.25, 0.3) is 0 Å². The topological polar surface area (TPSA) is 55.8 Å². The minimum atomic E-state index is -0.258. The zero-order valence-electron chi connectivity index (χ0n) is 12.8. The molecule has 0 fully saturated rings. The van der Waals surface area contributed by atoms with Gasteiger partial charge >= 0.3 is 5.97 Å². The second kappa shape index (κ2) is 6.52. The molecule has 0 N–H and O–H groups in total. The molecule has 2 aromatic rings. The predicted molar refractivity (Wildman–Crippen MR) is 85.5 cm³/mol. The highest BCUT2D eigenvalue weighted by Crippen LogP contribution is 2.28. The van der Waals surface area contributed by atoms with E-state index in [1.807, 2.05) is 36.4 Å². The summed E-state index contributed by atoms with van der Waals surface area (Å²) in [5.74, 6) is 0.254. The Morgan fingerprint density at radius 1 is 1.17 bits per heavy atom. The first-order valence-electron chi connectivity index (χ1n) is 7.47. The molecule has 0 aliphatic carbocycles. The summed E-state index contributed by atoms with van der Waals surface area (Å²) < 4.78 is 10.5. The number of fused-ring (bicyclic) bond motifs is 1. The van der Waals surface area contributed by atoms with Crippen LogP contribution in [0.15, 0.2) is 48.5 Å². The van der Waals surface area contributed by atoms with E-state index < -0.39 is 0 Å². The lowest BCUT2D eigenvalue weighted by Crippen LogP contribution is -2.38. The van der Waals surface area contributed by atoms with E-state index in [0.29, 0.717) is 17.9 Å². The van der Waals surface area contributed by atoms with Crippen molar-refractivity contribution in [2.24, 2.45) is 0 Å². The molecule has 0 unspecified atom stereocenters. The van der Waals surface area contributed by atoms with Crippen LogP contribution in [0.2, 0.25) is 0 Å². The molecular formula is C18H17NO4. The van der Waals surface area contributed by atoms with E-state index in [4.69, 9.17) is 9.47 Å². The number of hydrogen-bond donors (Lipinski definition) is 0. The van der Waals surface area contributed by atoms with Gasteiger partial charge in [0.15, 0.2) is 6.73 Å². The van der Waals surface area contributed by atoms with Gasteiger partial charge in [-0.3, -0.25) is 14.5 Å². The van der Waals surface area contributed by atoms with Crippen LogP contribution in [0.5, 0.6) is 5.75 Å². The Morgan fingerprint density at radius 2 is 1.91 bits per heavy atom. The molecule has 23 heavy (non-hydrogen) atoms. The van der Waals surface area contributed by atoms with Crippen molar-refractivity contribution in [2.75, 3.05) is 18.2 Å². The second-order valence-corrected chi connectivity index (χ2v) is 5.15. The molecule has 0 atom stereocenters. The zero-order valence-corrected chi connectivity index (χ0v) is 12.8. The quantitative estimate of drug-likeness (QED) is 0.815. The minimum absolute atomic E-state index is 0.0926. The van der Waals surface area contributed by atoms with Gasteiger partial charge in [0.25, 0.3) is 5.91 Å². The Kier molecular flexibility index (Phi) is 4.28. The average molecular weight is 311 g/mol. The summed E-state index contributed by atoms with van der Waals surface area (Å²) in [4.78, 5) is 25.6. The highest BCUT2D eigenvalue weighted by atomic mass is 16.5. The van der Waals surface area contributed by atoms with Crippen LogP contribution in [-0.4, -0.2) is 25.2 Å². The lowest BCUT2D eigenvalue weighted by Gasteiger charge is -2.28. The fraction of sp³-hybridized carbons (Fsp3) is 0.222. The summed E-state index contributed by atoms with van der Waals surface area (Å²) in [6, 6.07) is 14.4. The Labute approximate surface area is 134 Å². The highest BCUT2D eigenvalue weighted by molar-refractivity contribution is 6.08. The summed E-state index contributed by atoms with van der Waals surface area (Å²) in [7, 11) is 0. The van der Waals surface area contributed by atoms with Gasteiger partial charge in [0.1, 0.15) is 5.75 Å². The molecule has 118 valence electrons. The number of benzene rings is 2. The van der Waals surface area contributed by atoms with E-state index in [1.54, 1.807) is 24.0 Å². The van der Waals surface area contributed by atoms with E-state index in [2.05, 4.69) is 0 Å². The van der Waals surface area contributed by atoms with Crippen molar-refractivity contribution in [1.82, 2.24) is 0 Å². The van der Waals surface area contributed by atoms with Crippen molar-refractivity contribution < 1.29 is 19.1 Å². The maximum atomic E-state index is 12.5. The third-order valence-corrected chi connectivity index (χ3v) is 3.61. The molecule has 3 rings (SSSR count). The van der Waals surface area contributed by atoms with Crippen molar-refractivity contribution >= 4 is 17.6 Å². The normalized spacial score (nSPS) is 13.3. The van der Waals surface area contributed by atoms with Gasteiger partial charge in [0, 0.05) is 5.69 Å². The summed E-state index contributed by atoms with van der Waals surface area (Å²) >= 11 is 0. The first-order chi connectivity index (χ1) is 11.2. The first-order valence-corrected chi connectivity index (χ1v) is 7.47. The highest BCUT2D eigenvalue weighted by Gasteiger charge is 2.26. The molecule has 0 bridgehead atoms. The van der Waals surface area contributed by atoms with Crippen LogP contribution in [0, 0.1) is 0 Å². The van der Waals surface area contributed by atoms with Crippen molar-refractivity contribution in [2.45, 2.75) is 13.3 Å². The van der Waals surface area contributed by atoms with Gasteiger partial charge in [-0.25, -0.2) is 0 Å². The van der Waals surface area contributed by atoms with Gasteiger partial charge in [-0.05, 0) is 36.8 Å². The maximum absolute atomic E-state index is 12.5. The van der Waals surface area contributed by atoms with Gasteiger partial charge in [-0.1, -0.05) is 24.3 Å². The van der Waals surface area contributed by atoms with Crippen LogP contribution in [0.1, 0.15) is 22.8 Å². The fourth-order valence-electron chi connectivity index (χ4n) is 2.47. The van der Waals surface area contributed by atoms with Gasteiger partial charge in [-0.15, -0.1) is 0 Å². The van der Waals surface area contributed by atoms with E-state index >= 15 is 0 Å². The number of amides is 1. The molecule has 0 spiro atoms. The van der Waals surface area contributed by atoms with Crippen LogP contribution < -0.4 is 9.64 Å². The number of anilines is 1. The maximum Gasteiger partial charge on any atom is 0.310 e. The molecule has 1 aliphatic heterocycles. The van der Waals surface area contributed by atoms with E-state index in [9.17, 15) is 9.59 Å². The van der Waals surface area contributed by atoms with Crippen molar-refractivity contribution in [3.8, 4) is 5.75 Å². The van der Waals surface area contributed by atoms with Crippen molar-refractivity contribution in [3.05, 3.63) is 59.7 Å². The number of carbonyl (C=O) groups is 2. The van der Waals surface area contributed by atoms with Gasteiger partial charge < -0.3 is 9.47 Å². The zero-order chi connectivity index (χ0) is 16.2. The standard InChI is InChI=1S/C18H17NO4/c1-2-22-17(20)11-13-7-9-14(10-8-13)19-12-23-16-6-4-3-5-15(16)18(19)21/h3-10H,2,11-12H2,1H3. The van der Waals surface area contributed by atoms with Crippen LogP contribution >= 0.6 is 0 Å². The number of ether oxygens (including phenoxy) is 2. The SMILES string of the molecule is CCOC(=O)Cc1ccc(N2COc3ccccc3C2=O)cc1. The van der Waals surface area contributed by atoms with Gasteiger partial charge in [0.05, 0.1) is 18.6 Å². The molecule has 0 radical (unpaired) electrons. The third-order valence-electron chi connectivity index (χ3n) is 3.61. The van der Waals surface area contributed by atoms with Crippen molar-refractivity contribution in [3.63, 3.8) is 0 Å². The monoisotopic (exact) mass is 311 g/mol. The Hall–Kier alpha value is -2.82. The van der Waals surface area contributed by atoms with E-state index in [1.165, 1.54) is 0 Å². The predicted octanol–water partition coefficient (Wildman–Crippen LogP) is 2.79. The number of hydrogen-bond acceptors (Lipinski definition) is 4. The van der Waals surface area contributed by atoms with E-state index in [-0.39, 0.29) is 25.0 Å². The smallest absolute Gasteiger partial charge is 0.310 e. The number of nitrogens with zero attached hydrogens (tertiary/aromatic N) is 1. The number of para-hydroxylation sites is 1. The Morgan fingerprint density at radius 3 is 2.65 bits per heavy atom.